The van der Waals surface area contributed by atoms with Gasteiger partial charge in [-0.3, -0.25) is 4.98 Å². The molecule has 0 aliphatic carbocycles. The third-order valence-electron chi connectivity index (χ3n) is 1.28. The lowest BCUT2D eigenvalue weighted by atomic mass is 10.3. The summed E-state index contributed by atoms with van der Waals surface area (Å²) in [4.78, 5) is 4.06. The van der Waals surface area contributed by atoms with Crippen LogP contribution in [0.15, 0.2) is 30.6 Å². The van der Waals surface area contributed by atoms with Crippen molar-refractivity contribution in [3.05, 3.63) is 30.6 Å². The van der Waals surface area contributed by atoms with Gasteiger partial charge in [0.1, 0.15) is 5.69 Å². The maximum atomic E-state index is 4.06. The third kappa shape index (κ3) is 0.719. The van der Waals surface area contributed by atoms with E-state index in [1.807, 2.05) is 18.2 Å². The van der Waals surface area contributed by atoms with Crippen LogP contribution in [0.3, 0.4) is 0 Å². The van der Waals surface area contributed by atoms with Crippen molar-refractivity contribution in [1.29, 1.82) is 0 Å². The predicted octanol–water partition coefficient (Wildman–Crippen LogP) is 0.976. The average molecular weight is 131 g/mol. The number of rotatable bonds is 0. The number of aromatic nitrogens is 3. The predicted molar refractivity (Wildman–Crippen MR) is 36.4 cm³/mol. The van der Waals surface area contributed by atoms with Gasteiger partial charge in [-0.1, -0.05) is 0 Å². The number of hydrogen-bond acceptors (Lipinski definition) is 3. The molecule has 0 atom stereocenters. The Bertz CT molecular complexity index is 280. The highest BCUT2D eigenvalue weighted by molar-refractivity contribution is 5.53. The molecule has 10 heavy (non-hydrogen) atoms. The maximum Gasteiger partial charge on any atom is 0.113 e. The van der Waals surface area contributed by atoms with E-state index in [-0.39, 0.29) is 0 Å². The largest absolute Gasteiger partial charge is 0.254 e. The van der Waals surface area contributed by atoms with Crippen molar-refractivity contribution in [2.45, 2.75) is 0 Å². The lowest BCUT2D eigenvalue weighted by molar-refractivity contribution is 1.06. The highest BCUT2D eigenvalue weighted by atomic mass is 15.1. The minimum Gasteiger partial charge on any atom is -0.254 e. The fraction of sp³-hybridized carbons (Fsp3) is 0. The Hall–Kier alpha value is -1.51. The molecule has 2 aliphatic heterocycles. The Labute approximate surface area is 58.1 Å². The number of fused-ring (bicyclic) bond motifs is 1. The van der Waals surface area contributed by atoms with Crippen molar-refractivity contribution in [2.75, 3.05) is 0 Å². The zero-order valence-electron chi connectivity index (χ0n) is 5.23. The summed E-state index contributed by atoms with van der Waals surface area (Å²) in [5.41, 5.74) is 1.72. The van der Waals surface area contributed by atoms with E-state index in [2.05, 4.69) is 15.2 Å². The SMILES string of the molecule is c1cnnc2ccnc-2c1. The lowest BCUT2D eigenvalue weighted by Crippen LogP contribution is -1.75. The molecule has 0 amide bonds. The van der Waals surface area contributed by atoms with Crippen molar-refractivity contribution in [2.24, 2.45) is 0 Å². The molecule has 0 radical (unpaired) electrons. The summed E-state index contributed by atoms with van der Waals surface area (Å²) in [6, 6.07) is 5.54. The Kier molecular flexibility index (Phi) is 1.07. The van der Waals surface area contributed by atoms with Crippen LogP contribution in [0.5, 0.6) is 0 Å². The van der Waals surface area contributed by atoms with Gasteiger partial charge in [0.05, 0.1) is 5.69 Å². The Balaban J connectivity index is 2.74. The maximum absolute atomic E-state index is 4.06. The summed E-state index contributed by atoms with van der Waals surface area (Å²) < 4.78 is 0. The van der Waals surface area contributed by atoms with E-state index in [4.69, 9.17) is 0 Å². The van der Waals surface area contributed by atoms with Crippen LogP contribution in [0.1, 0.15) is 0 Å². The molecule has 0 aromatic heterocycles. The average Bonchev–Trinajstić information content (AvgIpc) is 2.28. The Morgan fingerprint density at radius 3 is 3.00 bits per heavy atom. The zero-order chi connectivity index (χ0) is 6.81. The van der Waals surface area contributed by atoms with Gasteiger partial charge in [-0.2, -0.15) is 5.10 Å². The molecule has 48 valence electrons. The molecule has 0 aromatic carbocycles. The van der Waals surface area contributed by atoms with Crippen molar-refractivity contribution >= 4 is 0 Å². The second kappa shape index (κ2) is 2.02. The van der Waals surface area contributed by atoms with E-state index in [0.717, 1.165) is 11.4 Å². The van der Waals surface area contributed by atoms with Crippen LogP contribution in [-0.4, -0.2) is 15.2 Å². The molecule has 0 N–H and O–H groups in total. The molecule has 2 heterocycles. The molecular weight excluding hydrogens is 126 g/mol. The lowest BCUT2D eigenvalue weighted by Gasteiger charge is -1.81. The van der Waals surface area contributed by atoms with Gasteiger partial charge >= 0.3 is 0 Å². The van der Waals surface area contributed by atoms with E-state index in [1.54, 1.807) is 12.4 Å². The molecule has 0 saturated carbocycles. The first kappa shape index (κ1) is 5.29. The standard InChI is InChI=1S/C7H5N3/c1-2-6-7(3-5-8-6)10-9-4-1/h1-5H. The topological polar surface area (TPSA) is 38.7 Å². The van der Waals surface area contributed by atoms with E-state index in [1.165, 1.54) is 0 Å². The van der Waals surface area contributed by atoms with E-state index in [9.17, 15) is 0 Å². The van der Waals surface area contributed by atoms with Gasteiger partial charge in [0.2, 0.25) is 0 Å². The second-order valence-electron chi connectivity index (χ2n) is 1.94. The summed E-state index contributed by atoms with van der Waals surface area (Å²) in [6.45, 7) is 0. The van der Waals surface area contributed by atoms with E-state index < -0.39 is 0 Å². The monoisotopic (exact) mass is 131 g/mol. The van der Waals surface area contributed by atoms with Gasteiger partial charge in [-0.25, -0.2) is 0 Å². The van der Waals surface area contributed by atoms with Crippen molar-refractivity contribution in [1.82, 2.24) is 15.2 Å². The van der Waals surface area contributed by atoms with Gasteiger partial charge in [0, 0.05) is 12.4 Å². The fourth-order valence-corrected chi connectivity index (χ4v) is 0.821. The smallest absolute Gasteiger partial charge is 0.113 e. The van der Waals surface area contributed by atoms with Gasteiger partial charge in [0.15, 0.2) is 0 Å². The fourth-order valence-electron chi connectivity index (χ4n) is 0.821. The number of hydrogen-bond donors (Lipinski definition) is 0. The molecule has 0 unspecified atom stereocenters. The third-order valence-corrected chi connectivity index (χ3v) is 1.28. The molecule has 0 bridgehead atoms. The van der Waals surface area contributed by atoms with Gasteiger partial charge in [-0.05, 0) is 18.2 Å². The summed E-state index contributed by atoms with van der Waals surface area (Å²) in [5, 5.41) is 7.65. The molecule has 3 nitrogen and oxygen atoms in total. The van der Waals surface area contributed by atoms with Crippen molar-refractivity contribution in [3.63, 3.8) is 0 Å². The first-order valence-electron chi connectivity index (χ1n) is 2.99. The highest BCUT2D eigenvalue weighted by Gasteiger charge is 1.99. The van der Waals surface area contributed by atoms with Crippen LogP contribution >= 0.6 is 0 Å². The van der Waals surface area contributed by atoms with Crippen LogP contribution in [0.25, 0.3) is 11.4 Å². The van der Waals surface area contributed by atoms with Crippen LogP contribution in [-0.2, 0) is 0 Å². The van der Waals surface area contributed by atoms with Crippen molar-refractivity contribution in [3.8, 4) is 11.4 Å². The Morgan fingerprint density at radius 1 is 1.00 bits per heavy atom. The minimum atomic E-state index is 0.838. The second-order valence-corrected chi connectivity index (χ2v) is 1.94. The normalized spacial score (nSPS) is 10.0. The minimum absolute atomic E-state index is 0.838. The molecule has 2 aliphatic rings. The van der Waals surface area contributed by atoms with Gasteiger partial charge < -0.3 is 0 Å². The highest BCUT2D eigenvalue weighted by Crippen LogP contribution is 2.12. The quantitative estimate of drug-likeness (QED) is 0.534. The summed E-state index contributed by atoms with van der Waals surface area (Å²) in [7, 11) is 0. The number of nitrogens with zero attached hydrogens (tertiary/aromatic N) is 3. The van der Waals surface area contributed by atoms with Crippen LogP contribution in [0.2, 0.25) is 0 Å². The molecule has 0 aromatic rings. The van der Waals surface area contributed by atoms with Crippen LogP contribution in [0.4, 0.5) is 0 Å². The Morgan fingerprint density at radius 2 is 2.00 bits per heavy atom. The first-order valence-corrected chi connectivity index (χ1v) is 2.99. The van der Waals surface area contributed by atoms with Gasteiger partial charge in [0.25, 0.3) is 0 Å². The summed E-state index contributed by atoms with van der Waals surface area (Å²) >= 11 is 0. The summed E-state index contributed by atoms with van der Waals surface area (Å²) in [6.07, 6.45) is 3.36. The molecule has 0 spiro atoms. The molecule has 0 fully saturated rings. The molecule has 0 saturated heterocycles. The van der Waals surface area contributed by atoms with Crippen LogP contribution in [0, 0.1) is 0 Å². The van der Waals surface area contributed by atoms with E-state index in [0.29, 0.717) is 0 Å². The van der Waals surface area contributed by atoms with Crippen molar-refractivity contribution < 1.29 is 0 Å². The molecule has 3 heteroatoms. The van der Waals surface area contributed by atoms with Crippen LogP contribution < -0.4 is 0 Å². The molecular formula is C7H5N3. The zero-order valence-corrected chi connectivity index (χ0v) is 5.23. The van der Waals surface area contributed by atoms with E-state index >= 15 is 0 Å². The summed E-state index contributed by atoms with van der Waals surface area (Å²) in [5.74, 6) is 0. The van der Waals surface area contributed by atoms with Gasteiger partial charge in [-0.15, -0.1) is 5.10 Å². The first-order chi connectivity index (χ1) is 4.97. The molecule has 2 rings (SSSR count).